The van der Waals surface area contributed by atoms with Gasteiger partial charge in [-0.2, -0.15) is 0 Å². The molecule has 1 heterocycles. The number of nitrogens with one attached hydrogen (secondary N) is 1. The van der Waals surface area contributed by atoms with Crippen LogP contribution in [0.1, 0.15) is 65.2 Å². The molecule has 2 rings (SSSR count). The number of rotatable bonds is 4. The molecule has 1 atom stereocenters. The summed E-state index contributed by atoms with van der Waals surface area (Å²) in [4.78, 5) is 0. The zero-order valence-corrected chi connectivity index (χ0v) is 11.6. The van der Waals surface area contributed by atoms with Crippen molar-refractivity contribution in [3.63, 3.8) is 0 Å². The van der Waals surface area contributed by atoms with Crippen molar-refractivity contribution in [1.82, 2.24) is 5.32 Å². The van der Waals surface area contributed by atoms with Gasteiger partial charge in [0, 0.05) is 13.1 Å². The van der Waals surface area contributed by atoms with Gasteiger partial charge in [-0.25, -0.2) is 0 Å². The van der Waals surface area contributed by atoms with Crippen LogP contribution in [0.5, 0.6) is 0 Å². The molecule has 2 heteroatoms. The van der Waals surface area contributed by atoms with Gasteiger partial charge in [-0.05, 0) is 25.2 Å². The van der Waals surface area contributed by atoms with Crippen molar-refractivity contribution in [2.45, 2.75) is 76.9 Å². The van der Waals surface area contributed by atoms with E-state index >= 15 is 0 Å². The quantitative estimate of drug-likeness (QED) is 0.810. The minimum atomic E-state index is 0.123. The van der Waals surface area contributed by atoms with Crippen LogP contribution in [0.25, 0.3) is 0 Å². The molecule has 1 saturated carbocycles. The van der Waals surface area contributed by atoms with Gasteiger partial charge in [0.05, 0.1) is 11.7 Å². The molecular formula is C15H29NO. The van der Waals surface area contributed by atoms with Gasteiger partial charge in [0.25, 0.3) is 0 Å². The fourth-order valence-electron chi connectivity index (χ4n) is 3.49. The summed E-state index contributed by atoms with van der Waals surface area (Å²) in [7, 11) is 0. The van der Waals surface area contributed by atoms with Gasteiger partial charge in [0.15, 0.2) is 0 Å². The van der Waals surface area contributed by atoms with Crippen molar-refractivity contribution in [2.24, 2.45) is 5.92 Å². The molecule has 1 aliphatic heterocycles. The molecule has 100 valence electrons. The van der Waals surface area contributed by atoms with Gasteiger partial charge in [0.1, 0.15) is 0 Å². The van der Waals surface area contributed by atoms with Gasteiger partial charge in [-0.1, -0.05) is 46.0 Å². The average Bonchev–Trinajstić information content (AvgIpc) is 2.40. The van der Waals surface area contributed by atoms with Crippen molar-refractivity contribution < 1.29 is 4.74 Å². The van der Waals surface area contributed by atoms with E-state index in [1.165, 1.54) is 38.5 Å². The molecule has 0 bridgehead atoms. The molecule has 0 aromatic heterocycles. The van der Waals surface area contributed by atoms with Crippen LogP contribution in [-0.2, 0) is 4.74 Å². The first-order chi connectivity index (χ1) is 8.28. The molecule has 0 aromatic rings. The Morgan fingerprint density at radius 1 is 1.12 bits per heavy atom. The predicted octanol–water partition coefficient (Wildman–Crippen LogP) is 3.50. The smallest absolute Gasteiger partial charge is 0.0805 e. The summed E-state index contributed by atoms with van der Waals surface area (Å²) in [5.74, 6) is 0.931. The number of hydrogen-bond acceptors (Lipinski definition) is 2. The van der Waals surface area contributed by atoms with Gasteiger partial charge in [-0.15, -0.1) is 0 Å². The lowest BCUT2D eigenvalue weighted by atomic mass is 9.84. The molecule has 17 heavy (non-hydrogen) atoms. The molecule has 0 radical (unpaired) electrons. The summed E-state index contributed by atoms with van der Waals surface area (Å²) in [6, 6.07) is 0. The standard InChI is InChI=1S/C15H29NO/c1-3-15(4-2)12-16-11-14(17-15)10-13-8-6-5-7-9-13/h13-14,16H,3-12H2,1-2H3. The largest absolute Gasteiger partial charge is 0.369 e. The van der Waals surface area contributed by atoms with Crippen molar-refractivity contribution in [1.29, 1.82) is 0 Å². The molecule has 0 spiro atoms. The number of morpholine rings is 1. The molecular weight excluding hydrogens is 210 g/mol. The Labute approximate surface area is 107 Å². The van der Waals surface area contributed by atoms with Crippen LogP contribution in [-0.4, -0.2) is 24.8 Å². The first-order valence-corrected chi connectivity index (χ1v) is 7.66. The Morgan fingerprint density at radius 3 is 2.47 bits per heavy atom. The summed E-state index contributed by atoms with van der Waals surface area (Å²) in [6.45, 7) is 6.63. The minimum Gasteiger partial charge on any atom is -0.369 e. The molecule has 1 saturated heterocycles. The molecule has 2 aliphatic rings. The van der Waals surface area contributed by atoms with E-state index in [0.29, 0.717) is 6.10 Å². The van der Waals surface area contributed by atoms with Crippen molar-refractivity contribution in [3.8, 4) is 0 Å². The maximum Gasteiger partial charge on any atom is 0.0805 e. The molecule has 0 amide bonds. The summed E-state index contributed by atoms with van der Waals surface area (Å²) in [5.41, 5.74) is 0.123. The van der Waals surface area contributed by atoms with Crippen LogP contribution in [0.4, 0.5) is 0 Å². The third-order valence-corrected chi connectivity index (χ3v) is 4.85. The Hall–Kier alpha value is -0.0800. The Bertz CT molecular complexity index is 219. The topological polar surface area (TPSA) is 21.3 Å². The molecule has 2 fully saturated rings. The van der Waals surface area contributed by atoms with Crippen molar-refractivity contribution in [2.75, 3.05) is 13.1 Å². The normalized spacial score (nSPS) is 30.4. The Balaban J connectivity index is 1.84. The second-order valence-corrected chi connectivity index (χ2v) is 6.00. The fraction of sp³-hybridized carbons (Fsp3) is 1.00. The lowest BCUT2D eigenvalue weighted by molar-refractivity contribution is -0.127. The molecule has 1 N–H and O–H groups in total. The van der Waals surface area contributed by atoms with Crippen molar-refractivity contribution >= 4 is 0 Å². The van der Waals surface area contributed by atoms with Crippen LogP contribution >= 0.6 is 0 Å². The minimum absolute atomic E-state index is 0.123. The molecule has 2 nitrogen and oxygen atoms in total. The molecule has 1 aliphatic carbocycles. The average molecular weight is 239 g/mol. The van der Waals surface area contributed by atoms with E-state index in [4.69, 9.17) is 4.74 Å². The fourth-order valence-corrected chi connectivity index (χ4v) is 3.49. The zero-order chi connectivity index (χ0) is 12.1. The van der Waals surface area contributed by atoms with Gasteiger partial charge in [0.2, 0.25) is 0 Å². The van der Waals surface area contributed by atoms with Crippen LogP contribution in [0.15, 0.2) is 0 Å². The van der Waals surface area contributed by atoms with Gasteiger partial charge in [-0.3, -0.25) is 0 Å². The van der Waals surface area contributed by atoms with Crippen LogP contribution in [0, 0.1) is 5.92 Å². The Kier molecular flexibility index (Phi) is 4.87. The van der Waals surface area contributed by atoms with Crippen LogP contribution < -0.4 is 5.32 Å². The highest BCUT2D eigenvalue weighted by Gasteiger charge is 2.34. The van der Waals surface area contributed by atoms with E-state index < -0.39 is 0 Å². The lowest BCUT2D eigenvalue weighted by Gasteiger charge is -2.42. The van der Waals surface area contributed by atoms with E-state index in [2.05, 4.69) is 19.2 Å². The van der Waals surface area contributed by atoms with Crippen LogP contribution in [0.2, 0.25) is 0 Å². The van der Waals surface area contributed by atoms with Gasteiger partial charge >= 0.3 is 0 Å². The van der Waals surface area contributed by atoms with E-state index in [1.54, 1.807) is 0 Å². The SMILES string of the molecule is CCC1(CC)CNCC(CC2CCCCC2)O1. The zero-order valence-electron chi connectivity index (χ0n) is 11.6. The van der Waals surface area contributed by atoms with E-state index in [-0.39, 0.29) is 5.60 Å². The summed E-state index contributed by atoms with van der Waals surface area (Å²) in [6.07, 6.45) is 11.2. The number of ether oxygens (including phenoxy) is 1. The summed E-state index contributed by atoms with van der Waals surface area (Å²) >= 11 is 0. The number of hydrogen-bond donors (Lipinski definition) is 1. The molecule has 1 unspecified atom stereocenters. The Morgan fingerprint density at radius 2 is 1.82 bits per heavy atom. The third kappa shape index (κ3) is 3.45. The third-order valence-electron chi connectivity index (χ3n) is 4.85. The van der Waals surface area contributed by atoms with E-state index in [1.807, 2.05) is 0 Å². The predicted molar refractivity (Wildman–Crippen MR) is 72.2 cm³/mol. The highest BCUT2D eigenvalue weighted by atomic mass is 16.5. The first kappa shape index (κ1) is 13.4. The van der Waals surface area contributed by atoms with Gasteiger partial charge < -0.3 is 10.1 Å². The maximum atomic E-state index is 6.41. The van der Waals surface area contributed by atoms with E-state index in [9.17, 15) is 0 Å². The molecule has 0 aromatic carbocycles. The van der Waals surface area contributed by atoms with Crippen molar-refractivity contribution in [3.05, 3.63) is 0 Å². The monoisotopic (exact) mass is 239 g/mol. The van der Waals surface area contributed by atoms with Crippen LogP contribution in [0.3, 0.4) is 0 Å². The first-order valence-electron chi connectivity index (χ1n) is 7.66. The second kappa shape index (κ2) is 6.19. The summed E-state index contributed by atoms with van der Waals surface area (Å²) < 4.78 is 6.41. The lowest BCUT2D eigenvalue weighted by Crippen LogP contribution is -2.53. The summed E-state index contributed by atoms with van der Waals surface area (Å²) in [5, 5.41) is 3.59. The highest BCUT2D eigenvalue weighted by Crippen LogP contribution is 2.32. The second-order valence-electron chi connectivity index (χ2n) is 6.00. The van der Waals surface area contributed by atoms with E-state index in [0.717, 1.165) is 31.8 Å². The highest BCUT2D eigenvalue weighted by molar-refractivity contribution is 4.88. The maximum absolute atomic E-state index is 6.41.